The Hall–Kier alpha value is -0.940. The van der Waals surface area contributed by atoms with E-state index in [0.717, 1.165) is 11.1 Å². The van der Waals surface area contributed by atoms with Crippen LogP contribution in [0, 0.1) is 13.8 Å². The van der Waals surface area contributed by atoms with Gasteiger partial charge in [0, 0.05) is 0 Å². The smallest absolute Gasteiger partial charge is 0.262 e. The number of anilines is 1. The molecule has 0 unspecified atom stereocenters. The molecule has 21 heavy (non-hydrogen) atoms. The van der Waals surface area contributed by atoms with Gasteiger partial charge < -0.3 is 0 Å². The molecule has 0 heterocycles. The molecule has 0 amide bonds. The van der Waals surface area contributed by atoms with Crippen LogP contribution in [0.4, 0.5) is 5.69 Å². The number of nitrogens with one attached hydrogen (secondary N) is 1. The van der Waals surface area contributed by atoms with Crippen molar-refractivity contribution in [2.24, 2.45) is 0 Å². The fraction of sp³-hybridized carbons (Fsp3) is 0.143. The highest BCUT2D eigenvalue weighted by Gasteiger charge is 2.18. The van der Waals surface area contributed by atoms with Crippen molar-refractivity contribution < 1.29 is 8.42 Å². The normalized spacial score (nSPS) is 11.5. The molecule has 0 aliphatic rings. The minimum atomic E-state index is -3.79. The molecule has 0 aliphatic carbocycles. The van der Waals surface area contributed by atoms with Gasteiger partial charge in [0.05, 0.1) is 25.7 Å². The molecule has 0 radical (unpaired) electrons. The zero-order valence-corrected chi connectivity index (χ0v) is 14.3. The Bertz CT molecular complexity index is 781. The lowest BCUT2D eigenvalue weighted by Crippen LogP contribution is -2.14. The molecule has 0 aromatic heterocycles. The van der Waals surface area contributed by atoms with Gasteiger partial charge in [-0.3, -0.25) is 4.72 Å². The number of sulfonamides is 1. The van der Waals surface area contributed by atoms with Gasteiger partial charge >= 0.3 is 0 Å². The molecule has 3 nitrogen and oxygen atoms in total. The molecule has 0 spiro atoms. The van der Waals surface area contributed by atoms with Crippen molar-refractivity contribution in [3.8, 4) is 0 Å². The Kier molecular flexibility index (Phi) is 4.73. The van der Waals surface area contributed by atoms with Gasteiger partial charge in [-0.1, -0.05) is 40.9 Å². The van der Waals surface area contributed by atoms with Crippen LogP contribution in [0.3, 0.4) is 0 Å². The maximum absolute atomic E-state index is 12.4. The Morgan fingerprint density at radius 3 is 2.14 bits per heavy atom. The topological polar surface area (TPSA) is 46.2 Å². The van der Waals surface area contributed by atoms with Crippen LogP contribution in [0.25, 0.3) is 0 Å². The minimum absolute atomic E-state index is 0.0212. The maximum atomic E-state index is 12.4. The van der Waals surface area contributed by atoms with Crippen LogP contribution in [-0.2, 0) is 10.0 Å². The number of halogens is 3. The first-order valence-electron chi connectivity index (χ1n) is 5.95. The van der Waals surface area contributed by atoms with Crippen molar-refractivity contribution in [3.63, 3.8) is 0 Å². The summed E-state index contributed by atoms with van der Waals surface area (Å²) in [4.78, 5) is 0.0212. The van der Waals surface area contributed by atoms with E-state index in [1.54, 1.807) is 13.0 Å². The standard InChI is InChI=1S/C14H12Cl3NO2S/c1-8-5-9(2)14(13(17)6-8)18-21(19,20)10-3-4-11(15)12(16)7-10/h3-7,18H,1-2H3. The van der Waals surface area contributed by atoms with Crippen molar-refractivity contribution >= 4 is 50.5 Å². The first-order chi connectivity index (χ1) is 9.70. The van der Waals surface area contributed by atoms with E-state index in [-0.39, 0.29) is 9.92 Å². The van der Waals surface area contributed by atoms with Crippen molar-refractivity contribution in [1.29, 1.82) is 0 Å². The van der Waals surface area contributed by atoms with Crippen LogP contribution >= 0.6 is 34.8 Å². The molecule has 0 fully saturated rings. The summed E-state index contributed by atoms with van der Waals surface area (Å²) >= 11 is 17.8. The van der Waals surface area contributed by atoms with E-state index in [4.69, 9.17) is 34.8 Å². The van der Waals surface area contributed by atoms with Crippen LogP contribution in [0.2, 0.25) is 15.1 Å². The lowest BCUT2D eigenvalue weighted by Gasteiger charge is -2.13. The van der Waals surface area contributed by atoms with E-state index in [1.807, 2.05) is 13.0 Å². The monoisotopic (exact) mass is 363 g/mol. The van der Waals surface area contributed by atoms with Gasteiger partial charge in [-0.25, -0.2) is 8.42 Å². The maximum Gasteiger partial charge on any atom is 0.262 e. The SMILES string of the molecule is Cc1cc(C)c(NS(=O)(=O)c2ccc(Cl)c(Cl)c2)c(Cl)c1. The highest BCUT2D eigenvalue weighted by atomic mass is 35.5. The first-order valence-corrected chi connectivity index (χ1v) is 8.57. The van der Waals surface area contributed by atoms with E-state index in [1.165, 1.54) is 18.2 Å². The van der Waals surface area contributed by atoms with Gasteiger partial charge in [0.2, 0.25) is 0 Å². The number of aryl methyl sites for hydroxylation is 2. The Labute approximate surface area is 138 Å². The molecule has 0 aliphatic heterocycles. The van der Waals surface area contributed by atoms with Gasteiger partial charge in [0.1, 0.15) is 0 Å². The Morgan fingerprint density at radius 2 is 1.57 bits per heavy atom. The summed E-state index contributed by atoms with van der Waals surface area (Å²) in [5.74, 6) is 0. The average Bonchev–Trinajstić information content (AvgIpc) is 2.37. The van der Waals surface area contributed by atoms with Crippen LogP contribution in [0.15, 0.2) is 35.2 Å². The van der Waals surface area contributed by atoms with E-state index in [2.05, 4.69) is 4.72 Å². The van der Waals surface area contributed by atoms with Gasteiger partial charge in [0.25, 0.3) is 10.0 Å². The Morgan fingerprint density at radius 1 is 0.905 bits per heavy atom. The summed E-state index contributed by atoms with van der Waals surface area (Å²) < 4.78 is 27.2. The number of hydrogen-bond donors (Lipinski definition) is 1. The largest absolute Gasteiger partial charge is 0.278 e. The summed E-state index contributed by atoms with van der Waals surface area (Å²) in [6.45, 7) is 3.67. The molecule has 0 bridgehead atoms. The van der Waals surface area contributed by atoms with Crippen molar-refractivity contribution in [2.75, 3.05) is 4.72 Å². The molecule has 2 aromatic rings. The highest BCUT2D eigenvalue weighted by molar-refractivity contribution is 7.92. The second-order valence-electron chi connectivity index (χ2n) is 4.62. The molecule has 2 aromatic carbocycles. The van der Waals surface area contributed by atoms with Gasteiger partial charge in [0.15, 0.2) is 0 Å². The zero-order chi connectivity index (χ0) is 15.8. The first kappa shape index (κ1) is 16.4. The molecular weight excluding hydrogens is 353 g/mol. The molecule has 0 saturated carbocycles. The molecule has 2 rings (SSSR count). The molecule has 1 N–H and O–H groups in total. The Balaban J connectivity index is 2.44. The third-order valence-corrected chi connectivity index (χ3v) is 5.25. The zero-order valence-electron chi connectivity index (χ0n) is 11.2. The van der Waals surface area contributed by atoms with E-state index >= 15 is 0 Å². The number of rotatable bonds is 3. The molecule has 0 saturated heterocycles. The predicted molar refractivity (Wildman–Crippen MR) is 88.2 cm³/mol. The summed E-state index contributed by atoms with van der Waals surface area (Å²) in [5.41, 5.74) is 2.05. The van der Waals surface area contributed by atoms with E-state index < -0.39 is 10.0 Å². The number of hydrogen-bond acceptors (Lipinski definition) is 2. The summed E-state index contributed by atoms with van der Waals surface area (Å²) in [7, 11) is -3.79. The summed E-state index contributed by atoms with van der Waals surface area (Å²) in [6.07, 6.45) is 0. The summed E-state index contributed by atoms with van der Waals surface area (Å²) in [5, 5.41) is 0.808. The predicted octanol–water partition coefficient (Wildman–Crippen LogP) is 5.06. The van der Waals surface area contributed by atoms with Crippen LogP contribution < -0.4 is 4.72 Å². The van der Waals surface area contributed by atoms with Gasteiger partial charge in [-0.2, -0.15) is 0 Å². The van der Waals surface area contributed by atoms with Crippen LogP contribution in [0.5, 0.6) is 0 Å². The molecule has 7 heteroatoms. The molecular formula is C14H12Cl3NO2S. The van der Waals surface area contributed by atoms with Gasteiger partial charge in [-0.15, -0.1) is 0 Å². The second-order valence-corrected chi connectivity index (χ2v) is 7.52. The lowest BCUT2D eigenvalue weighted by atomic mass is 10.1. The molecule has 0 atom stereocenters. The molecule has 112 valence electrons. The van der Waals surface area contributed by atoms with Crippen LogP contribution in [-0.4, -0.2) is 8.42 Å². The summed E-state index contributed by atoms with van der Waals surface area (Å²) in [6, 6.07) is 7.65. The van der Waals surface area contributed by atoms with Crippen molar-refractivity contribution in [2.45, 2.75) is 18.7 Å². The third-order valence-electron chi connectivity index (χ3n) is 2.87. The second kappa shape index (κ2) is 6.05. The van der Waals surface area contributed by atoms with Crippen LogP contribution in [0.1, 0.15) is 11.1 Å². The average molecular weight is 365 g/mol. The van der Waals surface area contributed by atoms with E-state index in [0.29, 0.717) is 15.7 Å². The fourth-order valence-electron chi connectivity index (χ4n) is 1.88. The number of benzene rings is 2. The van der Waals surface area contributed by atoms with E-state index in [9.17, 15) is 8.42 Å². The highest BCUT2D eigenvalue weighted by Crippen LogP contribution is 2.31. The fourth-order valence-corrected chi connectivity index (χ4v) is 3.85. The van der Waals surface area contributed by atoms with Gasteiger partial charge in [-0.05, 0) is 49.2 Å². The van der Waals surface area contributed by atoms with Crippen molar-refractivity contribution in [1.82, 2.24) is 0 Å². The minimum Gasteiger partial charge on any atom is -0.278 e. The van der Waals surface area contributed by atoms with Crippen molar-refractivity contribution in [3.05, 3.63) is 56.5 Å². The lowest BCUT2D eigenvalue weighted by molar-refractivity contribution is 0.601. The quantitative estimate of drug-likeness (QED) is 0.827. The third kappa shape index (κ3) is 3.64.